The van der Waals surface area contributed by atoms with Gasteiger partial charge in [0.15, 0.2) is 0 Å². The summed E-state index contributed by atoms with van der Waals surface area (Å²) in [5.74, 6) is -0.295. The van der Waals surface area contributed by atoms with Gasteiger partial charge in [-0.15, -0.1) is 0 Å². The molecular weight excluding hydrogens is 288 g/mol. The molecule has 0 saturated carbocycles. The van der Waals surface area contributed by atoms with Crippen molar-refractivity contribution < 1.29 is 14.8 Å². The quantitative estimate of drug-likeness (QED) is 0.745. The van der Waals surface area contributed by atoms with Crippen LogP contribution in [0.1, 0.15) is 21.5 Å². The molecule has 4 nitrogen and oxygen atoms in total. The normalized spacial score (nSPS) is 10.3. The first-order chi connectivity index (χ1) is 9.99. The van der Waals surface area contributed by atoms with Gasteiger partial charge in [-0.25, -0.2) is 0 Å². The Morgan fingerprint density at radius 1 is 1.24 bits per heavy atom. The molecule has 0 atom stereocenters. The highest BCUT2D eigenvalue weighted by Gasteiger charge is 2.17. The number of carbonyl (C=O) groups excluding carboxylic acids is 1. The fourth-order valence-corrected chi connectivity index (χ4v) is 2.18. The summed E-state index contributed by atoms with van der Waals surface area (Å²) in [5.41, 5.74) is 2.57. The zero-order chi connectivity index (χ0) is 15.4. The molecule has 0 bridgehead atoms. The SMILES string of the molecule is Cc1ccccc1CNC(=O)c1ccc(Cl)c(B(O)O)c1. The van der Waals surface area contributed by atoms with Crippen molar-refractivity contribution in [1.29, 1.82) is 0 Å². The summed E-state index contributed by atoms with van der Waals surface area (Å²) in [7, 11) is -1.71. The summed E-state index contributed by atoms with van der Waals surface area (Å²) in [4.78, 5) is 12.1. The Morgan fingerprint density at radius 3 is 2.62 bits per heavy atom. The van der Waals surface area contributed by atoms with Gasteiger partial charge in [0.1, 0.15) is 0 Å². The number of halogens is 1. The molecule has 0 fully saturated rings. The maximum absolute atomic E-state index is 12.1. The number of nitrogens with one attached hydrogen (secondary N) is 1. The van der Waals surface area contributed by atoms with Crippen LogP contribution in [0.3, 0.4) is 0 Å². The maximum atomic E-state index is 12.1. The minimum absolute atomic E-state index is 0.111. The van der Waals surface area contributed by atoms with E-state index in [1.54, 1.807) is 6.07 Å². The molecule has 1 amide bonds. The Morgan fingerprint density at radius 2 is 1.95 bits per heavy atom. The van der Waals surface area contributed by atoms with E-state index in [2.05, 4.69) is 5.32 Å². The summed E-state index contributed by atoms with van der Waals surface area (Å²) < 4.78 is 0. The van der Waals surface area contributed by atoms with Gasteiger partial charge in [0.2, 0.25) is 0 Å². The van der Waals surface area contributed by atoms with Crippen LogP contribution in [0.15, 0.2) is 42.5 Å². The zero-order valence-electron chi connectivity index (χ0n) is 11.5. The lowest BCUT2D eigenvalue weighted by Crippen LogP contribution is -2.32. The highest BCUT2D eigenvalue weighted by Crippen LogP contribution is 2.10. The molecule has 0 heterocycles. The van der Waals surface area contributed by atoms with Crippen molar-refractivity contribution in [2.24, 2.45) is 0 Å². The number of hydrogen-bond donors (Lipinski definition) is 3. The van der Waals surface area contributed by atoms with Gasteiger partial charge in [-0.05, 0) is 36.2 Å². The minimum atomic E-state index is -1.71. The molecule has 0 aromatic heterocycles. The van der Waals surface area contributed by atoms with Gasteiger partial charge in [-0.1, -0.05) is 35.9 Å². The Kier molecular flexibility index (Phi) is 5.01. The summed E-state index contributed by atoms with van der Waals surface area (Å²) in [6.45, 7) is 2.38. The van der Waals surface area contributed by atoms with Crippen LogP contribution in [-0.4, -0.2) is 23.1 Å². The Hall–Kier alpha value is -1.82. The molecule has 3 N–H and O–H groups in total. The van der Waals surface area contributed by atoms with E-state index in [0.717, 1.165) is 11.1 Å². The number of benzene rings is 2. The molecule has 0 aliphatic carbocycles. The van der Waals surface area contributed by atoms with Crippen LogP contribution in [0.2, 0.25) is 5.02 Å². The van der Waals surface area contributed by atoms with Crippen molar-refractivity contribution in [3.63, 3.8) is 0 Å². The molecule has 0 unspecified atom stereocenters. The van der Waals surface area contributed by atoms with Gasteiger partial charge >= 0.3 is 7.12 Å². The lowest BCUT2D eigenvalue weighted by molar-refractivity contribution is 0.0951. The van der Waals surface area contributed by atoms with Crippen molar-refractivity contribution in [2.75, 3.05) is 0 Å². The van der Waals surface area contributed by atoms with Crippen molar-refractivity contribution >= 4 is 30.1 Å². The first-order valence-electron chi connectivity index (χ1n) is 6.47. The predicted molar refractivity (Wildman–Crippen MR) is 83.6 cm³/mol. The monoisotopic (exact) mass is 303 g/mol. The molecule has 0 spiro atoms. The third-order valence-corrected chi connectivity index (χ3v) is 3.58. The van der Waals surface area contributed by atoms with Gasteiger partial charge in [0, 0.05) is 22.6 Å². The Balaban J connectivity index is 2.11. The van der Waals surface area contributed by atoms with E-state index in [9.17, 15) is 14.8 Å². The van der Waals surface area contributed by atoms with E-state index in [1.807, 2.05) is 31.2 Å². The van der Waals surface area contributed by atoms with Crippen LogP contribution in [0, 0.1) is 6.92 Å². The summed E-state index contributed by atoms with van der Waals surface area (Å²) in [6, 6.07) is 12.2. The first kappa shape index (κ1) is 15.6. The summed E-state index contributed by atoms with van der Waals surface area (Å²) >= 11 is 5.84. The average molecular weight is 304 g/mol. The van der Waals surface area contributed by atoms with E-state index in [1.165, 1.54) is 12.1 Å². The van der Waals surface area contributed by atoms with Crippen LogP contribution in [0.4, 0.5) is 0 Å². The van der Waals surface area contributed by atoms with Crippen molar-refractivity contribution in [3.05, 3.63) is 64.2 Å². The third kappa shape index (κ3) is 3.85. The fourth-order valence-electron chi connectivity index (χ4n) is 1.97. The van der Waals surface area contributed by atoms with E-state index in [4.69, 9.17) is 11.6 Å². The Bertz CT molecular complexity index is 661. The topological polar surface area (TPSA) is 69.6 Å². The third-order valence-electron chi connectivity index (χ3n) is 3.24. The molecule has 2 rings (SSSR count). The molecule has 0 aliphatic rings. The molecule has 108 valence electrons. The van der Waals surface area contributed by atoms with Crippen molar-refractivity contribution in [1.82, 2.24) is 5.32 Å². The van der Waals surface area contributed by atoms with E-state index < -0.39 is 7.12 Å². The van der Waals surface area contributed by atoms with Crippen LogP contribution in [-0.2, 0) is 6.54 Å². The lowest BCUT2D eigenvalue weighted by atomic mass is 9.79. The molecule has 2 aromatic carbocycles. The Labute approximate surface area is 128 Å². The highest BCUT2D eigenvalue weighted by atomic mass is 35.5. The molecule has 0 saturated heterocycles. The smallest absolute Gasteiger partial charge is 0.423 e. The van der Waals surface area contributed by atoms with E-state index in [0.29, 0.717) is 12.1 Å². The fraction of sp³-hybridized carbons (Fsp3) is 0.133. The number of hydrogen-bond acceptors (Lipinski definition) is 3. The summed E-state index contributed by atoms with van der Waals surface area (Å²) in [6.07, 6.45) is 0. The molecule has 0 radical (unpaired) electrons. The van der Waals surface area contributed by atoms with Crippen molar-refractivity contribution in [2.45, 2.75) is 13.5 Å². The molecule has 0 aliphatic heterocycles. The first-order valence-corrected chi connectivity index (χ1v) is 6.85. The number of amides is 1. The number of carbonyl (C=O) groups is 1. The summed E-state index contributed by atoms with van der Waals surface area (Å²) in [5, 5.41) is 21.4. The average Bonchev–Trinajstić information content (AvgIpc) is 2.46. The van der Waals surface area contributed by atoms with Crippen LogP contribution >= 0.6 is 11.6 Å². The van der Waals surface area contributed by atoms with Crippen LogP contribution in [0.25, 0.3) is 0 Å². The molecule has 6 heteroatoms. The molecule has 2 aromatic rings. The van der Waals surface area contributed by atoms with Gasteiger partial charge < -0.3 is 15.4 Å². The minimum Gasteiger partial charge on any atom is -0.423 e. The van der Waals surface area contributed by atoms with Gasteiger partial charge in [-0.2, -0.15) is 0 Å². The second-order valence-corrected chi connectivity index (χ2v) is 5.13. The van der Waals surface area contributed by atoms with Crippen molar-refractivity contribution in [3.8, 4) is 0 Å². The van der Waals surface area contributed by atoms with Gasteiger partial charge in [0.25, 0.3) is 5.91 Å². The van der Waals surface area contributed by atoms with Gasteiger partial charge in [-0.3, -0.25) is 4.79 Å². The van der Waals surface area contributed by atoms with Gasteiger partial charge in [0.05, 0.1) is 0 Å². The number of rotatable bonds is 4. The lowest BCUT2D eigenvalue weighted by Gasteiger charge is -2.09. The van der Waals surface area contributed by atoms with Crippen LogP contribution in [0.5, 0.6) is 0 Å². The molecular formula is C15H15BClNO3. The largest absolute Gasteiger partial charge is 0.489 e. The maximum Gasteiger partial charge on any atom is 0.489 e. The molecule has 21 heavy (non-hydrogen) atoms. The zero-order valence-corrected chi connectivity index (χ0v) is 12.3. The number of aryl methyl sites for hydroxylation is 1. The predicted octanol–water partition coefficient (Wildman–Crippen LogP) is 1.26. The second-order valence-electron chi connectivity index (χ2n) is 4.72. The van der Waals surface area contributed by atoms with E-state index in [-0.39, 0.29) is 16.4 Å². The second kappa shape index (κ2) is 6.76. The van der Waals surface area contributed by atoms with E-state index >= 15 is 0 Å². The standard InChI is InChI=1S/C15H15BClNO3/c1-10-4-2-3-5-12(10)9-18-15(19)11-6-7-14(17)13(8-11)16(20)21/h2-8,20-21H,9H2,1H3,(H,18,19). The highest BCUT2D eigenvalue weighted by molar-refractivity contribution is 6.62. The van der Waals surface area contributed by atoms with Crippen LogP contribution < -0.4 is 10.8 Å².